The Labute approximate surface area is 102 Å². The molecule has 0 saturated heterocycles. The molecule has 1 heterocycles. The second-order valence-corrected chi connectivity index (χ2v) is 3.51. The monoisotopic (exact) mass is 248 g/mol. The second-order valence-electron chi connectivity index (χ2n) is 3.51. The van der Waals surface area contributed by atoms with Gasteiger partial charge in [0.2, 0.25) is 5.95 Å². The van der Waals surface area contributed by atoms with Crippen LogP contribution in [0.1, 0.15) is 5.56 Å². The Morgan fingerprint density at radius 2 is 2.06 bits per heavy atom. The van der Waals surface area contributed by atoms with Gasteiger partial charge in [-0.05, 0) is 17.7 Å². The summed E-state index contributed by atoms with van der Waals surface area (Å²) in [6, 6.07) is 6.09. The third kappa shape index (κ3) is 2.97. The van der Waals surface area contributed by atoms with Crippen LogP contribution in [0, 0.1) is 15.9 Å². The third-order valence-corrected chi connectivity index (χ3v) is 2.19. The Kier molecular flexibility index (Phi) is 3.42. The molecule has 0 unspecified atom stereocenters. The fourth-order valence-corrected chi connectivity index (χ4v) is 1.33. The Hall–Kier alpha value is -2.57. The zero-order chi connectivity index (χ0) is 13.0. The number of anilines is 1. The molecule has 0 saturated carbocycles. The molecule has 0 atom stereocenters. The van der Waals surface area contributed by atoms with E-state index in [0.29, 0.717) is 6.54 Å². The van der Waals surface area contributed by atoms with E-state index in [1.807, 2.05) is 0 Å². The lowest BCUT2D eigenvalue weighted by Gasteiger charge is -2.04. The van der Waals surface area contributed by atoms with Crippen molar-refractivity contribution in [3.05, 3.63) is 58.2 Å². The molecule has 0 aliphatic rings. The van der Waals surface area contributed by atoms with Crippen molar-refractivity contribution in [1.29, 1.82) is 0 Å². The van der Waals surface area contributed by atoms with Gasteiger partial charge in [-0.1, -0.05) is 12.1 Å². The van der Waals surface area contributed by atoms with E-state index in [9.17, 15) is 14.5 Å². The number of aromatic nitrogens is 2. The van der Waals surface area contributed by atoms with Gasteiger partial charge in [-0.2, -0.15) is 0 Å². The smallest absolute Gasteiger partial charge is 0.305 e. The molecule has 7 heteroatoms. The number of benzene rings is 1. The third-order valence-electron chi connectivity index (χ3n) is 2.19. The van der Waals surface area contributed by atoms with Crippen LogP contribution in [0.15, 0.2) is 36.7 Å². The predicted octanol–water partition coefficient (Wildman–Crippen LogP) is 2.14. The average Bonchev–Trinajstić information content (AvgIpc) is 2.37. The van der Waals surface area contributed by atoms with Crippen molar-refractivity contribution in [2.45, 2.75) is 6.54 Å². The molecule has 18 heavy (non-hydrogen) atoms. The van der Waals surface area contributed by atoms with Gasteiger partial charge >= 0.3 is 5.69 Å². The first-order chi connectivity index (χ1) is 8.65. The van der Waals surface area contributed by atoms with Gasteiger partial charge in [0.05, 0.1) is 4.92 Å². The minimum atomic E-state index is -0.573. The lowest BCUT2D eigenvalue weighted by Crippen LogP contribution is -2.04. The van der Waals surface area contributed by atoms with Crippen LogP contribution in [0.5, 0.6) is 0 Å². The van der Waals surface area contributed by atoms with Crippen molar-refractivity contribution in [2.24, 2.45) is 0 Å². The predicted molar refractivity (Wildman–Crippen MR) is 62.4 cm³/mol. The van der Waals surface area contributed by atoms with E-state index in [1.54, 1.807) is 12.1 Å². The molecular weight excluding hydrogens is 239 g/mol. The van der Waals surface area contributed by atoms with Gasteiger partial charge in [-0.15, -0.1) is 0 Å². The zero-order valence-corrected chi connectivity index (χ0v) is 9.21. The topological polar surface area (TPSA) is 81.0 Å². The molecule has 6 nitrogen and oxygen atoms in total. The maximum absolute atomic E-state index is 12.9. The largest absolute Gasteiger partial charge is 0.350 e. The van der Waals surface area contributed by atoms with E-state index in [1.165, 1.54) is 12.1 Å². The highest BCUT2D eigenvalue weighted by Gasteiger charge is 2.06. The zero-order valence-electron chi connectivity index (χ0n) is 9.21. The summed E-state index contributed by atoms with van der Waals surface area (Å²) in [4.78, 5) is 17.4. The van der Waals surface area contributed by atoms with Gasteiger partial charge in [-0.25, -0.2) is 14.4 Å². The molecule has 0 amide bonds. The summed E-state index contributed by atoms with van der Waals surface area (Å²) in [6.07, 6.45) is 2.22. The fraction of sp³-hybridized carbons (Fsp3) is 0.0909. The number of halogens is 1. The molecule has 1 aromatic carbocycles. The minimum absolute atomic E-state index is 0.175. The minimum Gasteiger partial charge on any atom is -0.350 e. The molecule has 1 aromatic heterocycles. The molecule has 0 radical (unpaired) electrons. The highest BCUT2D eigenvalue weighted by molar-refractivity contribution is 5.32. The van der Waals surface area contributed by atoms with Crippen LogP contribution in [0.4, 0.5) is 16.0 Å². The molecule has 0 spiro atoms. The second kappa shape index (κ2) is 5.17. The lowest BCUT2D eigenvalue weighted by atomic mass is 10.2. The normalized spacial score (nSPS) is 10.1. The van der Waals surface area contributed by atoms with Crippen molar-refractivity contribution >= 4 is 11.6 Å². The molecular formula is C11H9FN4O2. The van der Waals surface area contributed by atoms with Gasteiger partial charge in [-0.3, -0.25) is 10.1 Å². The van der Waals surface area contributed by atoms with Crippen LogP contribution >= 0.6 is 0 Å². The highest BCUT2D eigenvalue weighted by Crippen LogP contribution is 2.09. The standard InChI is InChI=1S/C11H9FN4O2/c12-9-3-1-2-8(4-9)5-13-11-14-6-10(7-15-11)16(17)18/h1-4,6-7H,5H2,(H,13,14,15). The number of nitro groups is 1. The molecule has 0 bridgehead atoms. The van der Waals surface area contributed by atoms with Gasteiger partial charge in [0.1, 0.15) is 18.2 Å². The van der Waals surface area contributed by atoms with Crippen molar-refractivity contribution in [3.63, 3.8) is 0 Å². The molecule has 92 valence electrons. The fourth-order valence-electron chi connectivity index (χ4n) is 1.33. The van der Waals surface area contributed by atoms with Crippen molar-refractivity contribution < 1.29 is 9.31 Å². The maximum atomic E-state index is 12.9. The van der Waals surface area contributed by atoms with E-state index in [4.69, 9.17) is 0 Å². The van der Waals surface area contributed by atoms with Crippen molar-refractivity contribution in [2.75, 3.05) is 5.32 Å². The SMILES string of the molecule is O=[N+]([O-])c1cnc(NCc2cccc(F)c2)nc1. The van der Waals surface area contributed by atoms with E-state index in [-0.39, 0.29) is 17.5 Å². The number of hydrogen-bond donors (Lipinski definition) is 1. The number of nitrogens with zero attached hydrogens (tertiary/aromatic N) is 3. The molecule has 0 aliphatic carbocycles. The number of rotatable bonds is 4. The summed E-state index contributed by atoms with van der Waals surface area (Å²) in [5, 5.41) is 13.2. The maximum Gasteiger partial charge on any atom is 0.305 e. The van der Waals surface area contributed by atoms with Gasteiger partial charge in [0, 0.05) is 6.54 Å². The van der Waals surface area contributed by atoms with E-state index < -0.39 is 4.92 Å². The van der Waals surface area contributed by atoms with Crippen LogP contribution in [-0.4, -0.2) is 14.9 Å². The van der Waals surface area contributed by atoms with Crippen LogP contribution in [-0.2, 0) is 6.54 Å². The van der Waals surface area contributed by atoms with Crippen LogP contribution in [0.25, 0.3) is 0 Å². The van der Waals surface area contributed by atoms with E-state index in [2.05, 4.69) is 15.3 Å². The van der Waals surface area contributed by atoms with E-state index in [0.717, 1.165) is 18.0 Å². The number of hydrogen-bond acceptors (Lipinski definition) is 5. The molecule has 2 aromatic rings. The summed E-state index contributed by atoms with van der Waals surface area (Å²) in [5.41, 5.74) is 0.559. The summed E-state index contributed by atoms with van der Waals surface area (Å²) in [5.74, 6) is -0.0659. The summed E-state index contributed by atoms with van der Waals surface area (Å²) in [7, 11) is 0. The Morgan fingerprint density at radius 1 is 1.33 bits per heavy atom. The lowest BCUT2D eigenvalue weighted by molar-refractivity contribution is -0.385. The first kappa shape index (κ1) is 11.9. The summed E-state index contributed by atoms with van der Waals surface area (Å²) in [6.45, 7) is 0.343. The molecule has 1 N–H and O–H groups in total. The van der Waals surface area contributed by atoms with Crippen LogP contribution in [0.2, 0.25) is 0 Å². The summed E-state index contributed by atoms with van der Waals surface area (Å²) < 4.78 is 12.9. The van der Waals surface area contributed by atoms with Crippen molar-refractivity contribution in [3.8, 4) is 0 Å². The highest BCUT2D eigenvalue weighted by atomic mass is 19.1. The first-order valence-corrected chi connectivity index (χ1v) is 5.10. The van der Waals surface area contributed by atoms with Crippen molar-refractivity contribution in [1.82, 2.24) is 9.97 Å². The van der Waals surface area contributed by atoms with Gasteiger partial charge in [0.25, 0.3) is 0 Å². The number of nitrogens with one attached hydrogen (secondary N) is 1. The van der Waals surface area contributed by atoms with Gasteiger partial charge in [0.15, 0.2) is 0 Å². The first-order valence-electron chi connectivity index (χ1n) is 5.10. The summed E-state index contributed by atoms with van der Waals surface area (Å²) >= 11 is 0. The average molecular weight is 248 g/mol. The molecule has 0 aliphatic heterocycles. The Bertz CT molecular complexity index is 559. The molecule has 2 rings (SSSR count). The Morgan fingerprint density at radius 3 is 2.67 bits per heavy atom. The molecule has 0 fully saturated rings. The van der Waals surface area contributed by atoms with E-state index >= 15 is 0 Å². The Balaban J connectivity index is 2.00. The van der Waals surface area contributed by atoms with Crippen LogP contribution < -0.4 is 5.32 Å². The quantitative estimate of drug-likeness (QED) is 0.662. The van der Waals surface area contributed by atoms with Crippen LogP contribution in [0.3, 0.4) is 0 Å². The van der Waals surface area contributed by atoms with Gasteiger partial charge < -0.3 is 5.32 Å².